The lowest BCUT2D eigenvalue weighted by Crippen LogP contribution is -2.50. The Balaban J connectivity index is 1.17. The zero-order valence-corrected chi connectivity index (χ0v) is 18.7. The van der Waals surface area contributed by atoms with Crippen molar-refractivity contribution < 1.29 is 9.53 Å². The van der Waals surface area contributed by atoms with Gasteiger partial charge in [0, 0.05) is 84.1 Å². The second-order valence-electron chi connectivity index (χ2n) is 8.46. The number of nitrogens with zero attached hydrogens (tertiary/aromatic N) is 5. The van der Waals surface area contributed by atoms with Gasteiger partial charge in [0.25, 0.3) is 0 Å². The molecule has 1 atom stereocenters. The largest absolute Gasteiger partial charge is 0.379 e. The average molecular weight is 429 g/mol. The van der Waals surface area contributed by atoms with E-state index in [0.717, 1.165) is 78.0 Å². The summed E-state index contributed by atoms with van der Waals surface area (Å²) >= 11 is 0. The number of benzene rings is 1. The number of guanidine groups is 1. The zero-order chi connectivity index (χ0) is 21.5. The molecule has 8 heteroatoms. The smallest absolute Gasteiger partial charge is 0.224 e. The van der Waals surface area contributed by atoms with E-state index in [2.05, 4.69) is 49.3 Å². The number of rotatable bonds is 5. The predicted molar refractivity (Wildman–Crippen MR) is 124 cm³/mol. The first-order chi connectivity index (χ1) is 15.2. The highest BCUT2D eigenvalue weighted by Crippen LogP contribution is 2.18. The van der Waals surface area contributed by atoms with Gasteiger partial charge in [-0.1, -0.05) is 18.2 Å². The molecular weight excluding hydrogens is 392 g/mol. The van der Waals surface area contributed by atoms with Crippen LogP contribution in [0.1, 0.15) is 12.8 Å². The van der Waals surface area contributed by atoms with Crippen LogP contribution in [0.4, 0.5) is 5.69 Å². The Morgan fingerprint density at radius 3 is 2.48 bits per heavy atom. The minimum Gasteiger partial charge on any atom is -0.379 e. The number of amides is 1. The number of aliphatic imine (C=N–C) groups is 1. The van der Waals surface area contributed by atoms with E-state index in [1.165, 1.54) is 5.69 Å². The van der Waals surface area contributed by atoms with Gasteiger partial charge in [-0.3, -0.25) is 14.7 Å². The maximum absolute atomic E-state index is 12.7. The summed E-state index contributed by atoms with van der Waals surface area (Å²) < 4.78 is 5.48. The first kappa shape index (κ1) is 21.9. The van der Waals surface area contributed by atoms with E-state index in [0.29, 0.717) is 19.0 Å². The van der Waals surface area contributed by atoms with Crippen molar-refractivity contribution in [1.82, 2.24) is 20.0 Å². The molecule has 1 N–H and O–H groups in total. The summed E-state index contributed by atoms with van der Waals surface area (Å²) in [4.78, 5) is 26.3. The van der Waals surface area contributed by atoms with Crippen molar-refractivity contribution in [1.29, 1.82) is 0 Å². The lowest BCUT2D eigenvalue weighted by molar-refractivity contribution is -0.131. The van der Waals surface area contributed by atoms with E-state index in [1.54, 1.807) is 0 Å². The maximum atomic E-state index is 12.7. The molecule has 8 nitrogen and oxygen atoms in total. The second-order valence-corrected chi connectivity index (χ2v) is 8.46. The molecule has 0 aromatic heterocycles. The minimum absolute atomic E-state index is 0.225. The highest BCUT2D eigenvalue weighted by Gasteiger charge is 2.30. The van der Waals surface area contributed by atoms with E-state index < -0.39 is 0 Å². The van der Waals surface area contributed by atoms with Crippen molar-refractivity contribution in [2.45, 2.75) is 18.9 Å². The third-order valence-corrected chi connectivity index (χ3v) is 6.61. The number of carbonyl (C=O) groups is 1. The molecule has 31 heavy (non-hydrogen) atoms. The highest BCUT2D eigenvalue weighted by atomic mass is 16.5. The number of para-hydroxylation sites is 1. The van der Waals surface area contributed by atoms with Gasteiger partial charge in [0.05, 0.1) is 13.2 Å². The van der Waals surface area contributed by atoms with Crippen molar-refractivity contribution in [3.63, 3.8) is 0 Å². The maximum Gasteiger partial charge on any atom is 0.224 e. The van der Waals surface area contributed by atoms with Gasteiger partial charge in [0.2, 0.25) is 5.91 Å². The molecule has 3 aliphatic rings. The average Bonchev–Trinajstić information content (AvgIpc) is 3.33. The number of hydrogen-bond acceptors (Lipinski definition) is 5. The lowest BCUT2D eigenvalue weighted by Gasteiger charge is -2.36. The molecular formula is C23H36N6O2. The summed E-state index contributed by atoms with van der Waals surface area (Å²) in [5.74, 6) is 1.14. The molecule has 0 aliphatic carbocycles. The molecule has 1 aromatic carbocycles. The van der Waals surface area contributed by atoms with Crippen LogP contribution in [0.3, 0.4) is 0 Å². The first-order valence-electron chi connectivity index (χ1n) is 11.6. The van der Waals surface area contributed by atoms with Crippen molar-refractivity contribution in [2.24, 2.45) is 4.99 Å². The van der Waals surface area contributed by atoms with Gasteiger partial charge in [0.1, 0.15) is 0 Å². The van der Waals surface area contributed by atoms with Gasteiger partial charge < -0.3 is 24.8 Å². The van der Waals surface area contributed by atoms with E-state index in [4.69, 9.17) is 4.74 Å². The van der Waals surface area contributed by atoms with Crippen LogP contribution >= 0.6 is 0 Å². The van der Waals surface area contributed by atoms with Crippen LogP contribution in [0, 0.1) is 0 Å². The van der Waals surface area contributed by atoms with Crippen molar-refractivity contribution in [3.8, 4) is 0 Å². The molecule has 0 saturated carbocycles. The fraction of sp³-hybridized carbons (Fsp3) is 0.652. The van der Waals surface area contributed by atoms with Crippen LogP contribution in [0.25, 0.3) is 0 Å². The number of piperazine rings is 1. The van der Waals surface area contributed by atoms with Gasteiger partial charge in [-0.05, 0) is 18.6 Å². The molecule has 0 spiro atoms. The van der Waals surface area contributed by atoms with Crippen LogP contribution < -0.4 is 10.2 Å². The summed E-state index contributed by atoms with van der Waals surface area (Å²) in [6.45, 7) is 9.72. The van der Waals surface area contributed by atoms with E-state index in [-0.39, 0.29) is 5.91 Å². The third kappa shape index (κ3) is 5.68. The van der Waals surface area contributed by atoms with Crippen LogP contribution in [0.5, 0.6) is 0 Å². The molecule has 1 amide bonds. The minimum atomic E-state index is 0.225. The van der Waals surface area contributed by atoms with Gasteiger partial charge >= 0.3 is 0 Å². The van der Waals surface area contributed by atoms with Gasteiger partial charge in [-0.15, -0.1) is 0 Å². The van der Waals surface area contributed by atoms with Gasteiger partial charge in [-0.2, -0.15) is 0 Å². The Labute approximate surface area is 185 Å². The fourth-order valence-corrected chi connectivity index (χ4v) is 4.80. The van der Waals surface area contributed by atoms with Crippen LogP contribution in [-0.2, 0) is 9.53 Å². The summed E-state index contributed by atoms with van der Waals surface area (Å²) in [5.41, 5.74) is 1.24. The number of likely N-dealkylation sites (tertiary alicyclic amines) is 1. The van der Waals surface area contributed by atoms with Crippen molar-refractivity contribution in [3.05, 3.63) is 30.3 Å². The summed E-state index contributed by atoms with van der Waals surface area (Å²) in [6.07, 6.45) is 1.66. The number of hydrogen-bond donors (Lipinski definition) is 1. The lowest BCUT2D eigenvalue weighted by atomic mass is 10.2. The summed E-state index contributed by atoms with van der Waals surface area (Å²) in [5, 5.41) is 3.41. The molecule has 0 radical (unpaired) electrons. The van der Waals surface area contributed by atoms with E-state index in [9.17, 15) is 4.79 Å². The quantitative estimate of drug-likeness (QED) is 0.551. The van der Waals surface area contributed by atoms with Crippen LogP contribution in [0.15, 0.2) is 35.3 Å². The number of carbonyl (C=O) groups excluding carboxylic acids is 1. The van der Waals surface area contributed by atoms with Crippen LogP contribution in [-0.4, -0.2) is 112 Å². The Bertz CT molecular complexity index is 729. The zero-order valence-electron chi connectivity index (χ0n) is 18.7. The molecule has 3 fully saturated rings. The number of ether oxygens (including phenoxy) is 1. The molecule has 3 heterocycles. The molecule has 3 aliphatic heterocycles. The molecule has 170 valence electrons. The monoisotopic (exact) mass is 428 g/mol. The number of anilines is 1. The summed E-state index contributed by atoms with van der Waals surface area (Å²) in [6, 6.07) is 11.0. The Kier molecular flexibility index (Phi) is 7.64. The second kappa shape index (κ2) is 10.8. The SMILES string of the molecule is CN=C(NCCC(=O)N1CCN(c2ccccc2)CC1)N1CCC(N2CCOCC2)C1. The van der Waals surface area contributed by atoms with Gasteiger partial charge in [0.15, 0.2) is 5.96 Å². The van der Waals surface area contributed by atoms with Crippen molar-refractivity contribution >= 4 is 17.6 Å². The Morgan fingerprint density at radius 1 is 1.03 bits per heavy atom. The highest BCUT2D eigenvalue weighted by molar-refractivity contribution is 5.81. The van der Waals surface area contributed by atoms with Crippen molar-refractivity contribution in [2.75, 3.05) is 84.1 Å². The van der Waals surface area contributed by atoms with E-state index in [1.807, 2.05) is 18.0 Å². The number of morpholine rings is 1. The standard InChI is InChI=1S/C23H36N6O2/c1-24-23(29-10-8-21(19-29)27-15-17-31-18-16-27)25-9-7-22(30)28-13-11-26(12-14-28)20-5-3-2-4-6-20/h2-6,21H,7-19H2,1H3,(H,24,25). The van der Waals surface area contributed by atoms with Gasteiger partial charge in [-0.25, -0.2) is 0 Å². The molecule has 1 aromatic rings. The molecule has 4 rings (SSSR count). The molecule has 0 bridgehead atoms. The molecule has 3 saturated heterocycles. The number of nitrogens with one attached hydrogen (secondary N) is 1. The van der Waals surface area contributed by atoms with Crippen LogP contribution in [0.2, 0.25) is 0 Å². The summed E-state index contributed by atoms with van der Waals surface area (Å²) in [7, 11) is 1.83. The third-order valence-electron chi connectivity index (χ3n) is 6.61. The first-order valence-corrected chi connectivity index (χ1v) is 11.6. The Hall–Kier alpha value is -2.32. The fourth-order valence-electron chi connectivity index (χ4n) is 4.80. The molecule has 1 unspecified atom stereocenters. The predicted octanol–water partition coefficient (Wildman–Crippen LogP) is 0.707. The van der Waals surface area contributed by atoms with E-state index >= 15 is 0 Å². The Morgan fingerprint density at radius 2 is 1.77 bits per heavy atom. The topological polar surface area (TPSA) is 63.7 Å². The normalized spacial score (nSPS) is 23.3.